The number of hydrogen-bond acceptors (Lipinski definition) is 16. The Morgan fingerprint density at radius 2 is 0.952 bits per heavy atom. The Labute approximate surface area is 363 Å². The third-order valence-electron chi connectivity index (χ3n) is 8.72. The normalized spacial score (nSPS) is 16.6. The van der Waals surface area contributed by atoms with Gasteiger partial charge in [0.25, 0.3) is 0 Å². The van der Waals surface area contributed by atoms with Crippen molar-refractivity contribution in [1.29, 1.82) is 0 Å². The first-order valence-electron chi connectivity index (χ1n) is 19.6. The second-order valence-electron chi connectivity index (χ2n) is 15.4. The molecule has 0 saturated carbocycles. The zero-order chi connectivity index (χ0) is 48.2. The molecule has 9 amide bonds. The van der Waals surface area contributed by atoms with Crippen LogP contribution in [0.4, 0.5) is 0 Å². The monoisotopic (exact) mass is 908 g/mol. The summed E-state index contributed by atoms with van der Waals surface area (Å²) in [5.74, 6) is -11.7. The van der Waals surface area contributed by atoms with Gasteiger partial charge in [0, 0.05) is 5.75 Å². The quantitative estimate of drug-likeness (QED) is 0.0324. The van der Waals surface area contributed by atoms with Crippen LogP contribution in [0.25, 0.3) is 0 Å². The second-order valence-corrected chi connectivity index (χ2v) is 15.8. The molecule has 26 heteroatoms. The summed E-state index contributed by atoms with van der Waals surface area (Å²) in [6.45, 7) is 8.65. The van der Waals surface area contributed by atoms with Crippen molar-refractivity contribution in [1.82, 2.24) is 42.5 Å². The van der Waals surface area contributed by atoms with Gasteiger partial charge >= 0.3 is 5.97 Å². The van der Waals surface area contributed by atoms with Crippen molar-refractivity contribution in [3.63, 3.8) is 0 Å². The summed E-state index contributed by atoms with van der Waals surface area (Å²) >= 11 is 4.08. The van der Waals surface area contributed by atoms with Crippen molar-refractivity contribution in [2.24, 2.45) is 23.3 Å². The average Bonchev–Trinajstić information content (AvgIpc) is 3.16. The molecule has 17 N–H and O–H groups in total. The smallest absolute Gasteiger partial charge is 0.328 e. The van der Waals surface area contributed by atoms with Crippen molar-refractivity contribution in [2.75, 3.05) is 18.9 Å². The Bertz CT molecular complexity index is 1580. The summed E-state index contributed by atoms with van der Waals surface area (Å²) < 4.78 is 0. The van der Waals surface area contributed by atoms with Gasteiger partial charge in [-0.05, 0) is 45.4 Å². The van der Waals surface area contributed by atoms with Crippen LogP contribution in [-0.4, -0.2) is 170 Å². The highest BCUT2D eigenvalue weighted by atomic mass is 32.1. The van der Waals surface area contributed by atoms with Gasteiger partial charge in [-0.2, -0.15) is 12.6 Å². The predicted octanol–water partition coefficient (Wildman–Crippen LogP) is -7.06. The van der Waals surface area contributed by atoms with Gasteiger partial charge in [-0.25, -0.2) is 4.79 Å². The minimum Gasteiger partial charge on any atom is -0.480 e. The lowest BCUT2D eigenvalue weighted by atomic mass is 10.0. The van der Waals surface area contributed by atoms with Gasteiger partial charge in [-0.15, -0.1) is 0 Å². The number of primary amides is 1. The molecular formula is C36H64N10O15S. The van der Waals surface area contributed by atoms with Crippen LogP contribution in [0, 0.1) is 11.8 Å². The van der Waals surface area contributed by atoms with Crippen LogP contribution in [0.5, 0.6) is 0 Å². The summed E-state index contributed by atoms with van der Waals surface area (Å²) in [6.07, 6.45) is -5.11. The molecule has 0 fully saturated rings. The highest BCUT2D eigenvalue weighted by molar-refractivity contribution is 7.80. The fourth-order valence-electron chi connectivity index (χ4n) is 5.33. The highest BCUT2D eigenvalue weighted by Gasteiger charge is 2.35. The van der Waals surface area contributed by atoms with Crippen LogP contribution in [-0.2, 0) is 47.9 Å². The highest BCUT2D eigenvalue weighted by Crippen LogP contribution is 2.09. The molecule has 0 aromatic heterocycles. The lowest BCUT2D eigenvalue weighted by Crippen LogP contribution is -2.61. The molecule has 62 heavy (non-hydrogen) atoms. The molecule has 0 spiro atoms. The van der Waals surface area contributed by atoms with E-state index in [9.17, 15) is 73.5 Å². The molecule has 0 aromatic rings. The first kappa shape index (κ1) is 56.9. The Morgan fingerprint density at radius 1 is 0.532 bits per heavy atom. The first-order chi connectivity index (χ1) is 28.7. The maximum Gasteiger partial charge on any atom is 0.328 e. The molecule has 0 unspecified atom stereocenters. The van der Waals surface area contributed by atoms with Gasteiger partial charge in [-0.3, -0.25) is 43.2 Å². The number of carboxylic acids is 1. The number of carbonyl (C=O) groups is 10. The average molecular weight is 909 g/mol. The molecule has 0 heterocycles. The standard InChI is InChI=1S/C36H64N10O15S/c1-14(2)8-19(41-34(58)26(38)16(5)48)29(53)39-11-25(52)45-27(17(6)49)35(59)42-20(9-15(3)4)30(54)44-23(13-62)33(57)40-21(10-24(37)51)31(55)43-22(12-47)32(56)46-28(18(7)50)36(60)61/h14-23,26-28,47-50,62H,8-13,38H2,1-7H3,(H2,37,51)(H,39,53)(H,40,57)(H,41,58)(H,42,59)(H,43,55)(H,44,54)(H,45,52)(H,46,56)(H,60,61)/t16-,17-,18-,19+,20+,21+,22+,23+,26+,27+,28+/m1/s1. The van der Waals surface area contributed by atoms with Crippen molar-refractivity contribution in [3.05, 3.63) is 0 Å². The van der Waals surface area contributed by atoms with Crippen molar-refractivity contribution in [3.8, 4) is 0 Å². The lowest BCUT2D eigenvalue weighted by molar-refractivity contribution is -0.145. The van der Waals surface area contributed by atoms with Gasteiger partial charge in [0.05, 0.1) is 37.9 Å². The maximum atomic E-state index is 13.5. The number of nitrogens with two attached hydrogens (primary N) is 2. The van der Waals surface area contributed by atoms with E-state index in [0.29, 0.717) is 0 Å². The fourth-order valence-corrected chi connectivity index (χ4v) is 5.59. The summed E-state index contributed by atoms with van der Waals surface area (Å²) in [6, 6.07) is -12.6. The van der Waals surface area contributed by atoms with E-state index in [1.54, 1.807) is 27.7 Å². The zero-order valence-electron chi connectivity index (χ0n) is 35.7. The third kappa shape index (κ3) is 20.6. The number of aliphatic carboxylic acids is 1. The first-order valence-corrected chi connectivity index (χ1v) is 20.2. The van der Waals surface area contributed by atoms with E-state index in [2.05, 4.69) is 44.5 Å². The Kier molecular flexibility index (Phi) is 25.4. The van der Waals surface area contributed by atoms with Gasteiger partial charge in [0.15, 0.2) is 6.04 Å². The largest absolute Gasteiger partial charge is 0.480 e. The molecule has 0 bridgehead atoms. The summed E-state index contributed by atoms with van der Waals surface area (Å²) in [5.41, 5.74) is 10.9. The SMILES string of the molecule is CC(C)C[C@H](NC(=O)[C@@H](N)[C@@H](C)O)C(=O)NCC(=O)N[C@H](C(=O)N[C@@H](CC(C)C)C(=O)N[C@@H](CS)C(=O)N[C@@H](CC(N)=O)C(=O)N[C@@H](CO)C(=O)N[C@H](C(=O)O)[C@@H](C)O)[C@@H](C)O. The minimum atomic E-state index is -1.83. The van der Waals surface area contributed by atoms with Crippen LogP contribution < -0.4 is 54.0 Å². The van der Waals surface area contributed by atoms with Crippen molar-refractivity contribution < 1.29 is 73.5 Å². The van der Waals surface area contributed by atoms with Crippen molar-refractivity contribution >= 4 is 71.8 Å². The molecule has 0 aliphatic carbocycles. The van der Waals surface area contributed by atoms with E-state index in [1.807, 2.05) is 10.6 Å². The number of thiol groups is 1. The number of aliphatic hydroxyl groups excluding tert-OH is 4. The van der Waals surface area contributed by atoms with Crippen LogP contribution >= 0.6 is 12.6 Å². The minimum absolute atomic E-state index is 0.0498. The van der Waals surface area contributed by atoms with Crippen LogP contribution in [0.3, 0.4) is 0 Å². The van der Waals surface area contributed by atoms with Gasteiger partial charge < -0.3 is 79.5 Å². The molecule has 0 aromatic carbocycles. The number of aliphatic hydroxyl groups is 4. The number of rotatable bonds is 28. The summed E-state index contributed by atoms with van der Waals surface area (Å²) in [4.78, 5) is 127. The van der Waals surface area contributed by atoms with Gasteiger partial charge in [0.1, 0.15) is 42.3 Å². The number of nitrogens with one attached hydrogen (secondary N) is 8. The van der Waals surface area contributed by atoms with Crippen LogP contribution in [0.15, 0.2) is 0 Å². The fraction of sp³-hybridized carbons (Fsp3) is 0.722. The van der Waals surface area contributed by atoms with E-state index in [-0.39, 0.29) is 24.7 Å². The van der Waals surface area contributed by atoms with Gasteiger partial charge in [-0.1, -0.05) is 27.7 Å². The van der Waals surface area contributed by atoms with E-state index in [0.717, 1.165) is 13.8 Å². The molecule has 25 nitrogen and oxygen atoms in total. The Morgan fingerprint density at radius 3 is 1.39 bits per heavy atom. The Hall–Kier alpha value is -5.15. The number of carbonyl (C=O) groups excluding carboxylic acids is 9. The maximum absolute atomic E-state index is 13.5. The zero-order valence-corrected chi connectivity index (χ0v) is 36.6. The van der Waals surface area contributed by atoms with E-state index >= 15 is 0 Å². The molecule has 354 valence electrons. The topological polar surface area (TPSA) is 420 Å². The predicted molar refractivity (Wildman–Crippen MR) is 221 cm³/mol. The van der Waals surface area contributed by atoms with Crippen LogP contribution in [0.1, 0.15) is 67.7 Å². The summed E-state index contributed by atoms with van der Waals surface area (Å²) in [7, 11) is 0. The van der Waals surface area contributed by atoms with E-state index in [4.69, 9.17) is 11.5 Å². The van der Waals surface area contributed by atoms with E-state index < -0.39 is 151 Å². The molecule has 0 aliphatic heterocycles. The molecule has 11 atom stereocenters. The summed E-state index contributed by atoms with van der Waals surface area (Å²) in [5, 5.41) is 66.6. The molecule has 0 radical (unpaired) electrons. The van der Waals surface area contributed by atoms with Gasteiger partial charge in [0.2, 0.25) is 53.2 Å². The molecule has 0 aliphatic rings. The molecule has 0 saturated heterocycles. The number of amides is 9. The second kappa shape index (κ2) is 27.7. The molecule has 0 rings (SSSR count). The Balaban J connectivity index is 5.96. The third-order valence-corrected chi connectivity index (χ3v) is 9.09. The number of hydrogen-bond donors (Lipinski definition) is 16. The van der Waals surface area contributed by atoms with E-state index in [1.165, 1.54) is 6.92 Å². The van der Waals surface area contributed by atoms with Crippen LogP contribution in [0.2, 0.25) is 0 Å². The number of carboxylic acid groups (broad SMARTS) is 1. The van der Waals surface area contributed by atoms with Crippen molar-refractivity contribution in [2.45, 2.75) is 134 Å². The lowest BCUT2D eigenvalue weighted by Gasteiger charge is -2.28. The molecular weight excluding hydrogens is 845 g/mol.